The fourth-order valence-electron chi connectivity index (χ4n) is 2.37. The minimum atomic E-state index is 0.565. The van der Waals surface area contributed by atoms with E-state index in [1.807, 2.05) is 0 Å². The van der Waals surface area contributed by atoms with Crippen molar-refractivity contribution in [1.29, 1.82) is 0 Å². The summed E-state index contributed by atoms with van der Waals surface area (Å²) in [5, 5.41) is 6.81. The van der Waals surface area contributed by atoms with E-state index in [4.69, 9.17) is 11.6 Å². The molecule has 0 amide bonds. The Morgan fingerprint density at radius 2 is 2.39 bits per heavy atom. The minimum absolute atomic E-state index is 0.565. The summed E-state index contributed by atoms with van der Waals surface area (Å²) in [5.41, 5.74) is 0. The van der Waals surface area contributed by atoms with Gasteiger partial charge in [-0.1, -0.05) is 18.5 Å². The first kappa shape index (κ1) is 13.4. The first-order valence-corrected chi connectivity index (χ1v) is 6.80. The minimum Gasteiger partial charge on any atom is -0.367 e. The van der Waals surface area contributed by atoms with E-state index in [2.05, 4.69) is 32.4 Å². The summed E-state index contributed by atoms with van der Waals surface area (Å²) in [6, 6.07) is 0.582. The zero-order chi connectivity index (χ0) is 13.0. The molecule has 2 N–H and O–H groups in total. The van der Waals surface area contributed by atoms with Crippen LogP contribution in [0.3, 0.4) is 0 Å². The van der Waals surface area contributed by atoms with Crippen molar-refractivity contribution >= 4 is 23.4 Å². The molecule has 6 heteroatoms. The van der Waals surface area contributed by atoms with Crippen LogP contribution in [0, 0.1) is 0 Å². The molecule has 2 heterocycles. The van der Waals surface area contributed by atoms with Crippen LogP contribution in [0.15, 0.2) is 6.20 Å². The molecule has 0 aliphatic carbocycles. The zero-order valence-electron chi connectivity index (χ0n) is 10.9. The number of likely N-dealkylation sites (N-methyl/N-ethyl adjacent to an activating group) is 1. The molecule has 0 spiro atoms. The van der Waals surface area contributed by atoms with Gasteiger partial charge in [0.15, 0.2) is 5.82 Å². The second-order valence-corrected chi connectivity index (χ2v) is 4.85. The summed E-state index contributed by atoms with van der Waals surface area (Å²) in [6.07, 6.45) is 4.14. The van der Waals surface area contributed by atoms with Crippen molar-refractivity contribution in [2.45, 2.75) is 25.8 Å². The van der Waals surface area contributed by atoms with Crippen molar-refractivity contribution in [3.63, 3.8) is 0 Å². The highest BCUT2D eigenvalue weighted by Crippen LogP contribution is 2.21. The topological polar surface area (TPSA) is 53.1 Å². The Labute approximate surface area is 113 Å². The lowest BCUT2D eigenvalue weighted by Gasteiger charge is -2.23. The van der Waals surface area contributed by atoms with Gasteiger partial charge in [0.25, 0.3) is 0 Å². The third-order valence-electron chi connectivity index (χ3n) is 3.38. The van der Waals surface area contributed by atoms with Crippen molar-refractivity contribution in [2.24, 2.45) is 0 Å². The van der Waals surface area contributed by atoms with Crippen LogP contribution in [0.1, 0.15) is 19.8 Å². The normalized spacial score (nSPS) is 20.1. The lowest BCUT2D eigenvalue weighted by atomic mass is 10.2. The molecular formula is C12H20ClN5. The maximum Gasteiger partial charge on any atom is 0.224 e. The fourth-order valence-corrected chi connectivity index (χ4v) is 2.53. The summed E-state index contributed by atoms with van der Waals surface area (Å²) < 4.78 is 0. The molecule has 18 heavy (non-hydrogen) atoms. The predicted octanol–water partition coefficient (Wildman–Crippen LogP) is 2.07. The lowest BCUT2D eigenvalue weighted by Crippen LogP contribution is -2.34. The van der Waals surface area contributed by atoms with Gasteiger partial charge in [-0.15, -0.1) is 0 Å². The van der Waals surface area contributed by atoms with Gasteiger partial charge in [-0.25, -0.2) is 4.98 Å². The molecule has 1 unspecified atom stereocenters. The van der Waals surface area contributed by atoms with E-state index in [0.29, 0.717) is 22.8 Å². The molecule has 100 valence electrons. The van der Waals surface area contributed by atoms with Gasteiger partial charge in [0.2, 0.25) is 5.95 Å². The van der Waals surface area contributed by atoms with Crippen molar-refractivity contribution in [2.75, 3.05) is 37.3 Å². The quantitative estimate of drug-likeness (QED) is 0.857. The van der Waals surface area contributed by atoms with E-state index < -0.39 is 0 Å². The van der Waals surface area contributed by atoms with Crippen LogP contribution in [0.5, 0.6) is 0 Å². The highest BCUT2D eigenvalue weighted by molar-refractivity contribution is 6.32. The molecular weight excluding hydrogens is 250 g/mol. The molecule has 0 bridgehead atoms. The molecule has 1 saturated heterocycles. The number of hydrogen-bond donors (Lipinski definition) is 2. The van der Waals surface area contributed by atoms with Crippen molar-refractivity contribution in [3.05, 3.63) is 11.2 Å². The molecule has 5 nitrogen and oxygen atoms in total. The first-order valence-electron chi connectivity index (χ1n) is 6.42. The van der Waals surface area contributed by atoms with Gasteiger partial charge in [-0.2, -0.15) is 4.98 Å². The number of nitrogens with zero attached hydrogens (tertiary/aromatic N) is 3. The largest absolute Gasteiger partial charge is 0.367 e. The van der Waals surface area contributed by atoms with Gasteiger partial charge in [0.1, 0.15) is 5.02 Å². The Balaban J connectivity index is 1.97. The average Bonchev–Trinajstić information content (AvgIpc) is 2.85. The highest BCUT2D eigenvalue weighted by atomic mass is 35.5. The van der Waals surface area contributed by atoms with E-state index in [1.165, 1.54) is 19.4 Å². The van der Waals surface area contributed by atoms with Crippen molar-refractivity contribution in [1.82, 2.24) is 14.9 Å². The van der Waals surface area contributed by atoms with Gasteiger partial charge >= 0.3 is 0 Å². The maximum absolute atomic E-state index is 6.08. The standard InChI is InChI=1S/C12H20ClN5/c1-3-18-6-4-5-9(18)7-15-11-10(13)8-16-12(14-2)17-11/h8-9H,3-7H2,1-2H3,(H2,14,15,16,17). The third-order valence-corrected chi connectivity index (χ3v) is 3.65. The van der Waals surface area contributed by atoms with Crippen LogP contribution < -0.4 is 10.6 Å². The summed E-state index contributed by atoms with van der Waals surface area (Å²) in [6.45, 7) is 5.39. The van der Waals surface area contributed by atoms with Crippen LogP contribution in [-0.4, -0.2) is 47.6 Å². The fraction of sp³-hybridized carbons (Fsp3) is 0.667. The van der Waals surface area contributed by atoms with Gasteiger partial charge in [-0.3, -0.25) is 4.90 Å². The second-order valence-electron chi connectivity index (χ2n) is 4.45. The number of nitrogens with one attached hydrogen (secondary N) is 2. The maximum atomic E-state index is 6.08. The highest BCUT2D eigenvalue weighted by Gasteiger charge is 2.22. The number of likely N-dealkylation sites (tertiary alicyclic amines) is 1. The Bertz CT molecular complexity index is 398. The smallest absolute Gasteiger partial charge is 0.224 e. The Kier molecular flexibility index (Phi) is 4.60. The Morgan fingerprint density at radius 1 is 1.56 bits per heavy atom. The van der Waals surface area contributed by atoms with Crippen LogP contribution in [0.25, 0.3) is 0 Å². The predicted molar refractivity (Wildman–Crippen MR) is 75.3 cm³/mol. The molecule has 0 aromatic carbocycles. The van der Waals surface area contributed by atoms with Crippen LogP contribution >= 0.6 is 11.6 Å². The number of halogens is 1. The van der Waals surface area contributed by atoms with Crippen LogP contribution in [0.4, 0.5) is 11.8 Å². The van der Waals surface area contributed by atoms with Crippen molar-refractivity contribution < 1.29 is 0 Å². The van der Waals surface area contributed by atoms with Crippen LogP contribution in [-0.2, 0) is 0 Å². The Morgan fingerprint density at radius 3 is 3.11 bits per heavy atom. The molecule has 1 atom stereocenters. The van der Waals surface area contributed by atoms with E-state index in [-0.39, 0.29) is 0 Å². The summed E-state index contributed by atoms with van der Waals surface area (Å²) in [7, 11) is 1.79. The monoisotopic (exact) mass is 269 g/mol. The number of aromatic nitrogens is 2. The van der Waals surface area contributed by atoms with E-state index in [1.54, 1.807) is 13.2 Å². The van der Waals surface area contributed by atoms with Gasteiger partial charge in [0, 0.05) is 19.6 Å². The molecule has 0 saturated carbocycles. The first-order chi connectivity index (χ1) is 8.74. The average molecular weight is 270 g/mol. The van der Waals surface area contributed by atoms with Gasteiger partial charge in [0.05, 0.1) is 6.20 Å². The van der Waals surface area contributed by atoms with E-state index in [0.717, 1.165) is 13.1 Å². The number of anilines is 2. The molecule has 0 radical (unpaired) electrons. The molecule has 1 aromatic rings. The van der Waals surface area contributed by atoms with E-state index in [9.17, 15) is 0 Å². The summed E-state index contributed by atoms with van der Waals surface area (Å²) in [4.78, 5) is 10.9. The summed E-state index contributed by atoms with van der Waals surface area (Å²) >= 11 is 6.08. The lowest BCUT2D eigenvalue weighted by molar-refractivity contribution is 0.277. The molecule has 1 aliphatic heterocycles. The van der Waals surface area contributed by atoms with Gasteiger partial charge < -0.3 is 10.6 Å². The third kappa shape index (κ3) is 3.03. The summed E-state index contributed by atoms with van der Waals surface area (Å²) in [5.74, 6) is 1.29. The number of hydrogen-bond acceptors (Lipinski definition) is 5. The van der Waals surface area contributed by atoms with Crippen LogP contribution in [0.2, 0.25) is 5.02 Å². The Hall–Kier alpha value is -1.07. The number of rotatable bonds is 5. The SMILES string of the molecule is CCN1CCCC1CNc1nc(NC)ncc1Cl. The zero-order valence-corrected chi connectivity index (χ0v) is 11.7. The molecule has 1 aliphatic rings. The second kappa shape index (κ2) is 6.20. The molecule has 1 fully saturated rings. The van der Waals surface area contributed by atoms with E-state index >= 15 is 0 Å². The molecule has 1 aromatic heterocycles. The van der Waals surface area contributed by atoms with Crippen molar-refractivity contribution in [3.8, 4) is 0 Å². The van der Waals surface area contributed by atoms with Gasteiger partial charge in [-0.05, 0) is 25.9 Å². The molecule has 2 rings (SSSR count).